The molecule has 1 rings (SSSR count). The molecule has 1 atom stereocenters. The van der Waals surface area contributed by atoms with Crippen LogP contribution in [0.2, 0.25) is 0 Å². The third-order valence-corrected chi connectivity index (χ3v) is 3.64. The van der Waals surface area contributed by atoms with Crippen LogP contribution in [-0.4, -0.2) is 32.9 Å². The van der Waals surface area contributed by atoms with Crippen LogP contribution in [0.5, 0.6) is 5.75 Å². The molecule has 1 N–H and O–H groups in total. The van der Waals surface area contributed by atoms with Gasteiger partial charge in [0.2, 0.25) is 0 Å². The maximum atomic E-state index is 5.50. The van der Waals surface area contributed by atoms with Gasteiger partial charge < -0.3 is 14.8 Å². The number of aryl methyl sites for hydroxylation is 1. The minimum Gasteiger partial charge on any atom is -0.497 e. The van der Waals surface area contributed by atoms with Crippen LogP contribution in [0.4, 0.5) is 0 Å². The standard InChI is InChI=1S/C16H27NO2/c1-16(2,19-5)12-14(17-3)9-6-13-7-10-15(18-4)11-8-13/h7-8,10-11,14,17H,6,9,12H2,1-5H3. The van der Waals surface area contributed by atoms with Gasteiger partial charge in [0.05, 0.1) is 12.7 Å². The molecule has 0 amide bonds. The molecular weight excluding hydrogens is 238 g/mol. The van der Waals surface area contributed by atoms with Gasteiger partial charge in [-0.15, -0.1) is 0 Å². The molecule has 0 saturated carbocycles. The van der Waals surface area contributed by atoms with Crippen molar-refractivity contribution in [3.63, 3.8) is 0 Å². The summed E-state index contributed by atoms with van der Waals surface area (Å²) in [5.74, 6) is 0.912. The van der Waals surface area contributed by atoms with Gasteiger partial charge in [0.1, 0.15) is 5.75 Å². The first-order valence-electron chi connectivity index (χ1n) is 6.86. The molecule has 0 spiro atoms. The Kier molecular flexibility index (Phi) is 6.32. The highest BCUT2D eigenvalue weighted by atomic mass is 16.5. The lowest BCUT2D eigenvalue weighted by Gasteiger charge is -2.28. The van der Waals surface area contributed by atoms with Crippen LogP contribution in [-0.2, 0) is 11.2 Å². The van der Waals surface area contributed by atoms with E-state index in [1.54, 1.807) is 14.2 Å². The average Bonchev–Trinajstić information content (AvgIpc) is 2.44. The second kappa shape index (κ2) is 7.51. The number of methoxy groups -OCH3 is 2. The summed E-state index contributed by atoms with van der Waals surface area (Å²) in [5.41, 5.74) is 1.27. The van der Waals surface area contributed by atoms with E-state index in [1.165, 1.54) is 5.56 Å². The Labute approximate surface area is 117 Å². The molecule has 3 nitrogen and oxygen atoms in total. The molecule has 1 unspecified atom stereocenters. The summed E-state index contributed by atoms with van der Waals surface area (Å²) < 4.78 is 10.7. The zero-order chi connectivity index (χ0) is 14.3. The van der Waals surface area contributed by atoms with Gasteiger partial charge in [-0.25, -0.2) is 0 Å². The van der Waals surface area contributed by atoms with Crippen molar-refractivity contribution in [2.45, 2.75) is 44.8 Å². The Morgan fingerprint density at radius 3 is 2.26 bits per heavy atom. The zero-order valence-corrected chi connectivity index (χ0v) is 12.8. The lowest BCUT2D eigenvalue weighted by molar-refractivity contribution is 0.00703. The van der Waals surface area contributed by atoms with Crippen LogP contribution in [0.15, 0.2) is 24.3 Å². The Morgan fingerprint density at radius 2 is 1.79 bits per heavy atom. The van der Waals surface area contributed by atoms with E-state index in [1.807, 2.05) is 19.2 Å². The fourth-order valence-electron chi connectivity index (χ4n) is 2.16. The van der Waals surface area contributed by atoms with E-state index in [9.17, 15) is 0 Å². The molecule has 108 valence electrons. The number of benzene rings is 1. The van der Waals surface area contributed by atoms with Crippen molar-refractivity contribution in [2.24, 2.45) is 0 Å². The maximum Gasteiger partial charge on any atom is 0.118 e. The van der Waals surface area contributed by atoms with Crippen molar-refractivity contribution in [1.82, 2.24) is 5.32 Å². The van der Waals surface area contributed by atoms with E-state index in [-0.39, 0.29) is 5.60 Å². The minimum absolute atomic E-state index is 0.0758. The van der Waals surface area contributed by atoms with Crippen molar-refractivity contribution in [1.29, 1.82) is 0 Å². The third-order valence-electron chi connectivity index (χ3n) is 3.64. The normalized spacial score (nSPS) is 13.3. The van der Waals surface area contributed by atoms with Gasteiger partial charge in [-0.05, 0) is 57.9 Å². The van der Waals surface area contributed by atoms with Crippen LogP contribution >= 0.6 is 0 Å². The number of nitrogens with one attached hydrogen (secondary N) is 1. The maximum absolute atomic E-state index is 5.50. The van der Waals surface area contributed by atoms with Gasteiger partial charge in [0, 0.05) is 13.2 Å². The predicted molar refractivity (Wildman–Crippen MR) is 79.9 cm³/mol. The molecule has 0 aliphatic carbocycles. The van der Waals surface area contributed by atoms with Crippen LogP contribution in [0.3, 0.4) is 0 Å². The highest BCUT2D eigenvalue weighted by molar-refractivity contribution is 5.27. The first-order chi connectivity index (χ1) is 9.00. The first-order valence-corrected chi connectivity index (χ1v) is 6.86. The van der Waals surface area contributed by atoms with Gasteiger partial charge in [0.25, 0.3) is 0 Å². The summed E-state index contributed by atoms with van der Waals surface area (Å²) in [6.07, 6.45) is 3.18. The average molecular weight is 265 g/mol. The van der Waals surface area contributed by atoms with Crippen LogP contribution < -0.4 is 10.1 Å². The van der Waals surface area contributed by atoms with Crippen molar-refractivity contribution in [3.8, 4) is 5.75 Å². The molecule has 0 radical (unpaired) electrons. The second-order valence-electron chi connectivity index (χ2n) is 5.54. The fourth-order valence-corrected chi connectivity index (χ4v) is 2.16. The Hall–Kier alpha value is -1.06. The number of hydrogen-bond donors (Lipinski definition) is 1. The molecule has 0 aliphatic heterocycles. The Bertz CT molecular complexity index is 360. The second-order valence-corrected chi connectivity index (χ2v) is 5.54. The number of ether oxygens (including phenoxy) is 2. The van der Waals surface area contributed by atoms with E-state index < -0.39 is 0 Å². The van der Waals surface area contributed by atoms with Crippen LogP contribution in [0.1, 0.15) is 32.3 Å². The third kappa shape index (κ3) is 5.62. The highest BCUT2D eigenvalue weighted by Crippen LogP contribution is 2.19. The Balaban J connectivity index is 2.48. The summed E-state index contributed by atoms with van der Waals surface area (Å²) in [5, 5.41) is 3.38. The molecule has 0 heterocycles. The van der Waals surface area contributed by atoms with Crippen molar-refractivity contribution >= 4 is 0 Å². The summed E-state index contributed by atoms with van der Waals surface area (Å²) in [6, 6.07) is 8.77. The van der Waals surface area contributed by atoms with E-state index in [2.05, 4.69) is 31.3 Å². The SMILES string of the molecule is CNC(CCc1ccc(OC)cc1)CC(C)(C)OC. The fraction of sp³-hybridized carbons (Fsp3) is 0.625. The molecule has 0 fully saturated rings. The molecule has 1 aromatic rings. The predicted octanol–water partition coefficient (Wildman–Crippen LogP) is 3.03. The van der Waals surface area contributed by atoms with E-state index in [0.717, 1.165) is 25.0 Å². The topological polar surface area (TPSA) is 30.5 Å². The van der Waals surface area contributed by atoms with Crippen LogP contribution in [0, 0.1) is 0 Å². The van der Waals surface area contributed by atoms with Gasteiger partial charge >= 0.3 is 0 Å². The van der Waals surface area contributed by atoms with Crippen LogP contribution in [0.25, 0.3) is 0 Å². The summed E-state index contributed by atoms with van der Waals surface area (Å²) in [6.45, 7) is 4.26. The molecule has 1 aromatic carbocycles. The van der Waals surface area contributed by atoms with Gasteiger partial charge in [-0.2, -0.15) is 0 Å². The van der Waals surface area contributed by atoms with Crippen molar-refractivity contribution in [3.05, 3.63) is 29.8 Å². The lowest BCUT2D eigenvalue weighted by atomic mass is 9.94. The molecule has 0 bridgehead atoms. The zero-order valence-electron chi connectivity index (χ0n) is 12.8. The van der Waals surface area contributed by atoms with Gasteiger partial charge in [-0.3, -0.25) is 0 Å². The van der Waals surface area contributed by atoms with Crippen molar-refractivity contribution < 1.29 is 9.47 Å². The minimum atomic E-state index is -0.0758. The number of hydrogen-bond acceptors (Lipinski definition) is 3. The van der Waals surface area contributed by atoms with Gasteiger partial charge in [0.15, 0.2) is 0 Å². The van der Waals surface area contributed by atoms with Crippen molar-refractivity contribution in [2.75, 3.05) is 21.3 Å². The monoisotopic (exact) mass is 265 g/mol. The first kappa shape index (κ1) is 16.0. The van der Waals surface area contributed by atoms with Gasteiger partial charge in [-0.1, -0.05) is 12.1 Å². The lowest BCUT2D eigenvalue weighted by Crippen LogP contribution is -2.36. The van der Waals surface area contributed by atoms with E-state index in [4.69, 9.17) is 9.47 Å². The molecular formula is C16H27NO2. The Morgan fingerprint density at radius 1 is 1.16 bits per heavy atom. The summed E-state index contributed by atoms with van der Waals surface area (Å²) >= 11 is 0. The quantitative estimate of drug-likeness (QED) is 0.783. The molecule has 0 saturated heterocycles. The number of rotatable bonds is 8. The van der Waals surface area contributed by atoms with E-state index in [0.29, 0.717) is 6.04 Å². The molecule has 0 aliphatic rings. The largest absolute Gasteiger partial charge is 0.497 e. The highest BCUT2D eigenvalue weighted by Gasteiger charge is 2.21. The summed E-state index contributed by atoms with van der Waals surface area (Å²) in [7, 11) is 5.49. The molecule has 3 heteroatoms. The summed E-state index contributed by atoms with van der Waals surface area (Å²) in [4.78, 5) is 0. The van der Waals surface area contributed by atoms with E-state index >= 15 is 0 Å². The molecule has 0 aromatic heterocycles. The smallest absolute Gasteiger partial charge is 0.118 e. The molecule has 19 heavy (non-hydrogen) atoms.